The van der Waals surface area contributed by atoms with Crippen LogP contribution >= 0.6 is 0 Å². The van der Waals surface area contributed by atoms with Gasteiger partial charge in [-0.1, -0.05) is 0 Å². The molecule has 0 radical (unpaired) electrons. The molecule has 0 heterocycles. The number of carbonyl (C=O) groups is 8. The van der Waals surface area contributed by atoms with Crippen molar-refractivity contribution >= 4 is 47.3 Å². The van der Waals surface area contributed by atoms with Gasteiger partial charge in [-0.15, -0.1) is 0 Å². The molecular weight excluding hydrogens is 488 g/mol. The smallest absolute Gasteiger partial charge is 0.325 e. The van der Waals surface area contributed by atoms with Crippen LogP contribution in [0.2, 0.25) is 0 Å². The summed E-state index contributed by atoms with van der Waals surface area (Å²) in [7, 11) is 0. The van der Waals surface area contributed by atoms with Crippen molar-refractivity contribution in [3.8, 4) is 0 Å². The average molecular weight is 518 g/mol. The summed E-state index contributed by atoms with van der Waals surface area (Å²) in [6.45, 7) is 0.308. The molecule has 0 aliphatic carbocycles. The minimum Gasteiger partial charge on any atom is -0.480 e. The highest BCUT2D eigenvalue weighted by Crippen LogP contribution is 2.01. The number of hydrogen-bond acceptors (Lipinski definition) is 10. The average Bonchev–Trinajstić information content (AvgIpc) is 2.75. The molecule has 0 aromatic rings. The van der Waals surface area contributed by atoms with E-state index < -0.39 is 103 Å². The molecule has 0 aliphatic rings. The highest BCUT2D eigenvalue weighted by molar-refractivity contribution is 5.99. The van der Waals surface area contributed by atoms with Crippen LogP contribution in [-0.4, -0.2) is 94.3 Å². The van der Waals surface area contributed by atoms with Gasteiger partial charge < -0.3 is 54.4 Å². The number of nitrogens with two attached hydrogens (primary N) is 4. The van der Waals surface area contributed by atoms with E-state index in [2.05, 4.69) is 10.6 Å². The van der Waals surface area contributed by atoms with Crippen molar-refractivity contribution in [2.75, 3.05) is 6.61 Å². The second-order valence-electron chi connectivity index (χ2n) is 7.55. The van der Waals surface area contributed by atoms with Crippen molar-refractivity contribution in [3.05, 3.63) is 0 Å². The maximum absolute atomic E-state index is 12.7. The van der Waals surface area contributed by atoms with Crippen LogP contribution in [-0.2, 0) is 38.4 Å². The number of aliphatic carboxylic acids is 1. The monoisotopic (exact) mass is 518 g/mol. The number of amides is 7. The van der Waals surface area contributed by atoms with Crippen molar-refractivity contribution in [1.82, 2.24) is 21.3 Å². The number of carboxylic acids is 1. The van der Waals surface area contributed by atoms with E-state index >= 15 is 0 Å². The molecule has 5 atom stereocenters. The normalized spacial score (nSPS) is 14.6. The zero-order chi connectivity index (χ0) is 28.2. The summed E-state index contributed by atoms with van der Waals surface area (Å²) < 4.78 is 0. The summed E-state index contributed by atoms with van der Waals surface area (Å²) in [5.74, 6) is -9.18. The third-order valence-electron chi connectivity index (χ3n) is 4.38. The van der Waals surface area contributed by atoms with E-state index in [1.54, 1.807) is 0 Å². The summed E-state index contributed by atoms with van der Waals surface area (Å²) in [6, 6.07) is -8.04. The van der Waals surface area contributed by atoms with Crippen molar-refractivity contribution in [3.63, 3.8) is 0 Å². The van der Waals surface area contributed by atoms with E-state index in [-0.39, 0.29) is 0 Å². The minimum absolute atomic E-state index is 0.763. The lowest BCUT2D eigenvalue weighted by molar-refractivity contribution is -0.142. The van der Waals surface area contributed by atoms with Crippen molar-refractivity contribution in [2.24, 2.45) is 22.9 Å². The Morgan fingerprint density at radius 2 is 0.944 bits per heavy atom. The predicted octanol–water partition coefficient (Wildman–Crippen LogP) is -7.02. The lowest BCUT2D eigenvalue weighted by Crippen LogP contribution is -2.59. The van der Waals surface area contributed by atoms with Crippen LogP contribution in [0.5, 0.6) is 0 Å². The van der Waals surface area contributed by atoms with Gasteiger partial charge in [-0.25, -0.2) is 0 Å². The molecule has 0 saturated heterocycles. The van der Waals surface area contributed by atoms with Gasteiger partial charge in [0, 0.05) is 0 Å². The highest BCUT2D eigenvalue weighted by Gasteiger charge is 2.33. The standard InChI is InChI=1S/C18H30N8O10/c1-6(18(35)36)23-15(32)8(2-11(20)28)25-17(34)10(4-13(22)30)26-16(33)9(3-12(21)29)24-14(31)7(19)5-27/h6-10,27H,2-5,19H2,1H3,(H2,20,28)(H2,21,29)(H2,22,30)(H,23,32)(H,24,31)(H,25,34)(H,26,33)(H,35,36)/t6-,7-,8-,9-,10-/m0/s1. The van der Waals surface area contributed by atoms with Gasteiger partial charge >= 0.3 is 5.97 Å². The molecule has 0 unspecified atom stereocenters. The third kappa shape index (κ3) is 11.7. The van der Waals surface area contributed by atoms with Gasteiger partial charge in [-0.05, 0) is 6.92 Å². The second kappa shape index (κ2) is 14.8. The van der Waals surface area contributed by atoms with Crippen molar-refractivity contribution in [1.29, 1.82) is 0 Å². The molecule has 7 amide bonds. The molecule has 0 aromatic heterocycles. The van der Waals surface area contributed by atoms with Crippen LogP contribution in [0.1, 0.15) is 26.2 Å². The van der Waals surface area contributed by atoms with Gasteiger partial charge in [-0.2, -0.15) is 0 Å². The number of aliphatic hydroxyl groups is 1. The van der Waals surface area contributed by atoms with Gasteiger partial charge in [0.2, 0.25) is 41.4 Å². The Morgan fingerprint density at radius 3 is 1.22 bits per heavy atom. The number of carbonyl (C=O) groups excluding carboxylic acids is 7. The number of hydrogen-bond donors (Lipinski definition) is 10. The molecule has 0 saturated carbocycles. The molecule has 0 fully saturated rings. The Balaban J connectivity index is 5.76. The molecule has 0 aromatic carbocycles. The fourth-order valence-electron chi connectivity index (χ4n) is 2.51. The molecule has 0 spiro atoms. The fourth-order valence-corrected chi connectivity index (χ4v) is 2.51. The zero-order valence-corrected chi connectivity index (χ0v) is 19.2. The third-order valence-corrected chi connectivity index (χ3v) is 4.38. The summed E-state index contributed by atoms with van der Waals surface area (Å²) in [4.78, 5) is 94.7. The number of nitrogens with one attached hydrogen (secondary N) is 4. The van der Waals surface area contributed by atoms with E-state index in [1.165, 1.54) is 0 Å². The SMILES string of the molecule is C[C@H](NC(=O)[C@H](CC(N)=O)NC(=O)[C@H](CC(N)=O)NC(=O)[C@H](CC(N)=O)NC(=O)[C@@H](N)CO)C(=O)O. The number of carboxylic acid groups (broad SMARTS) is 1. The molecule has 18 nitrogen and oxygen atoms in total. The Labute approximate surface area is 203 Å². The second-order valence-corrected chi connectivity index (χ2v) is 7.55. The molecular formula is C18H30N8O10. The van der Waals surface area contributed by atoms with Crippen LogP contribution < -0.4 is 44.2 Å². The molecule has 202 valence electrons. The Hall–Kier alpha value is -4.32. The summed E-state index contributed by atoms with van der Waals surface area (Å²) >= 11 is 0. The molecule has 0 rings (SSSR count). The van der Waals surface area contributed by atoms with Crippen LogP contribution in [0.3, 0.4) is 0 Å². The number of rotatable bonds is 16. The summed E-state index contributed by atoms with van der Waals surface area (Å²) in [6.07, 6.45) is -2.37. The van der Waals surface area contributed by atoms with E-state index in [0.29, 0.717) is 0 Å². The fraction of sp³-hybridized carbons (Fsp3) is 0.556. The van der Waals surface area contributed by atoms with Crippen LogP contribution in [0.15, 0.2) is 0 Å². The zero-order valence-electron chi connectivity index (χ0n) is 19.2. The first kappa shape index (κ1) is 31.7. The number of primary amides is 3. The van der Waals surface area contributed by atoms with Crippen LogP contribution in [0.25, 0.3) is 0 Å². The molecule has 14 N–H and O–H groups in total. The first-order chi connectivity index (χ1) is 16.6. The van der Waals surface area contributed by atoms with E-state index in [0.717, 1.165) is 6.92 Å². The van der Waals surface area contributed by atoms with Gasteiger partial charge in [0.1, 0.15) is 30.2 Å². The predicted molar refractivity (Wildman–Crippen MR) is 118 cm³/mol. The van der Waals surface area contributed by atoms with E-state index in [9.17, 15) is 38.4 Å². The summed E-state index contributed by atoms with van der Waals surface area (Å²) in [5, 5.41) is 26.0. The first-order valence-electron chi connectivity index (χ1n) is 10.2. The largest absolute Gasteiger partial charge is 0.480 e. The quantitative estimate of drug-likeness (QED) is 0.0914. The maximum Gasteiger partial charge on any atom is 0.325 e. The summed E-state index contributed by atoms with van der Waals surface area (Å²) in [5.41, 5.74) is 20.6. The van der Waals surface area contributed by atoms with Crippen LogP contribution in [0.4, 0.5) is 0 Å². The van der Waals surface area contributed by atoms with Gasteiger partial charge in [-0.3, -0.25) is 38.4 Å². The van der Waals surface area contributed by atoms with E-state index in [4.69, 9.17) is 33.1 Å². The van der Waals surface area contributed by atoms with Gasteiger partial charge in [0.15, 0.2) is 0 Å². The van der Waals surface area contributed by atoms with Crippen molar-refractivity contribution in [2.45, 2.75) is 56.4 Å². The Morgan fingerprint density at radius 1 is 0.639 bits per heavy atom. The Bertz CT molecular complexity index is 895. The molecule has 0 bridgehead atoms. The Kier molecular flexibility index (Phi) is 13.1. The minimum atomic E-state index is -1.78. The molecule has 36 heavy (non-hydrogen) atoms. The molecule has 0 aliphatic heterocycles. The topological polar surface area (TPSA) is 329 Å². The molecule has 18 heteroatoms. The van der Waals surface area contributed by atoms with Gasteiger partial charge in [0.25, 0.3) is 0 Å². The van der Waals surface area contributed by atoms with Gasteiger partial charge in [0.05, 0.1) is 25.9 Å². The van der Waals surface area contributed by atoms with E-state index in [1.807, 2.05) is 10.6 Å². The number of aliphatic hydroxyl groups excluding tert-OH is 1. The van der Waals surface area contributed by atoms with Crippen molar-refractivity contribution < 1.29 is 48.6 Å². The maximum atomic E-state index is 12.7. The van der Waals surface area contributed by atoms with Crippen LogP contribution in [0, 0.1) is 0 Å². The lowest BCUT2D eigenvalue weighted by atomic mass is 10.1. The highest BCUT2D eigenvalue weighted by atomic mass is 16.4. The first-order valence-corrected chi connectivity index (χ1v) is 10.2. The lowest BCUT2D eigenvalue weighted by Gasteiger charge is -2.25.